The Morgan fingerprint density at radius 1 is 1.15 bits per heavy atom. The van der Waals surface area contributed by atoms with Crippen molar-refractivity contribution in [3.05, 3.63) is 40.9 Å². The number of halogens is 1. The van der Waals surface area contributed by atoms with Gasteiger partial charge in [-0.2, -0.15) is 0 Å². The summed E-state index contributed by atoms with van der Waals surface area (Å²) in [4.78, 5) is 13.6. The lowest BCUT2D eigenvalue weighted by Crippen LogP contribution is -2.39. The number of carbonyl (C=O) groups excluding carboxylic acids is 1. The minimum absolute atomic E-state index is 0.0694. The zero-order valence-corrected chi connectivity index (χ0v) is 16.0. The molecule has 2 aromatic rings. The van der Waals surface area contributed by atoms with Gasteiger partial charge in [-0.15, -0.1) is 0 Å². The summed E-state index contributed by atoms with van der Waals surface area (Å²) in [6, 6.07) is 8.82. The van der Waals surface area contributed by atoms with Crippen LogP contribution >= 0.6 is 11.6 Å². The topological polar surface area (TPSA) is 68.2 Å². The van der Waals surface area contributed by atoms with Crippen molar-refractivity contribution >= 4 is 23.6 Å². The maximum atomic E-state index is 11.6. The van der Waals surface area contributed by atoms with E-state index in [0.717, 1.165) is 24.9 Å². The molecule has 0 spiro atoms. The SMILES string of the molecule is COc1cc(C=O)c(N2CCC(Oc3ccc(Cl)cc3)CC2)c(OC)c1O. The minimum Gasteiger partial charge on any atom is -0.502 e. The van der Waals surface area contributed by atoms with Gasteiger partial charge in [0.15, 0.2) is 17.8 Å². The van der Waals surface area contributed by atoms with Crippen LogP contribution in [0.3, 0.4) is 0 Å². The molecule has 3 rings (SSSR count). The van der Waals surface area contributed by atoms with Crippen LogP contribution in [0, 0.1) is 0 Å². The number of rotatable bonds is 6. The third-order valence-corrected chi connectivity index (χ3v) is 4.90. The lowest BCUT2D eigenvalue weighted by atomic mass is 10.0. The molecule has 0 aromatic heterocycles. The van der Waals surface area contributed by atoms with Gasteiger partial charge in [0.1, 0.15) is 11.9 Å². The highest BCUT2D eigenvalue weighted by Gasteiger charge is 2.28. The van der Waals surface area contributed by atoms with E-state index in [0.29, 0.717) is 29.4 Å². The third-order valence-electron chi connectivity index (χ3n) is 4.65. The average molecular weight is 392 g/mol. The molecule has 0 atom stereocenters. The van der Waals surface area contributed by atoms with Gasteiger partial charge < -0.3 is 24.2 Å². The number of benzene rings is 2. The fourth-order valence-corrected chi connectivity index (χ4v) is 3.43. The molecule has 0 amide bonds. The van der Waals surface area contributed by atoms with Crippen molar-refractivity contribution < 1.29 is 24.1 Å². The van der Waals surface area contributed by atoms with Crippen LogP contribution in [0.1, 0.15) is 23.2 Å². The maximum Gasteiger partial charge on any atom is 0.203 e. The first kappa shape index (κ1) is 19.2. The summed E-state index contributed by atoms with van der Waals surface area (Å²) in [7, 11) is 2.89. The van der Waals surface area contributed by atoms with Crippen molar-refractivity contribution in [2.75, 3.05) is 32.2 Å². The Morgan fingerprint density at radius 3 is 2.37 bits per heavy atom. The highest BCUT2D eigenvalue weighted by Crippen LogP contribution is 2.46. The number of nitrogens with zero attached hydrogens (tertiary/aromatic N) is 1. The molecule has 1 heterocycles. The quantitative estimate of drug-likeness (QED) is 0.752. The van der Waals surface area contributed by atoms with Crippen LogP contribution in [0.2, 0.25) is 5.02 Å². The third kappa shape index (κ3) is 4.06. The van der Waals surface area contributed by atoms with E-state index in [9.17, 15) is 9.90 Å². The zero-order chi connectivity index (χ0) is 19.4. The zero-order valence-electron chi connectivity index (χ0n) is 15.3. The van der Waals surface area contributed by atoms with E-state index in [4.69, 9.17) is 25.8 Å². The summed E-state index contributed by atoms with van der Waals surface area (Å²) in [5.41, 5.74) is 0.995. The molecule has 0 radical (unpaired) electrons. The molecule has 0 unspecified atom stereocenters. The van der Waals surface area contributed by atoms with Crippen LogP contribution in [-0.2, 0) is 0 Å². The maximum absolute atomic E-state index is 11.6. The number of aldehydes is 1. The molecule has 1 aliphatic heterocycles. The Labute approximate surface area is 163 Å². The van der Waals surface area contributed by atoms with E-state index in [1.54, 1.807) is 12.1 Å². The average Bonchev–Trinajstić information content (AvgIpc) is 2.70. The standard InChI is InChI=1S/C20H22ClNO5/c1-25-17-11-13(12-23)18(20(26-2)19(17)24)22-9-7-16(8-10-22)27-15-5-3-14(21)4-6-15/h3-6,11-12,16,24H,7-10H2,1-2H3. The number of piperidine rings is 1. The fourth-order valence-electron chi connectivity index (χ4n) is 3.30. The first-order valence-corrected chi connectivity index (χ1v) is 9.05. The number of hydrogen-bond acceptors (Lipinski definition) is 6. The minimum atomic E-state index is -0.111. The Hall–Kier alpha value is -2.60. The van der Waals surface area contributed by atoms with E-state index in [2.05, 4.69) is 0 Å². The van der Waals surface area contributed by atoms with E-state index in [1.165, 1.54) is 20.3 Å². The predicted octanol–water partition coefficient (Wildman–Crippen LogP) is 3.92. The number of carbonyl (C=O) groups is 1. The molecule has 0 aliphatic carbocycles. The first-order chi connectivity index (χ1) is 13.1. The van der Waals surface area contributed by atoms with Gasteiger partial charge in [0.2, 0.25) is 5.75 Å². The Balaban J connectivity index is 1.76. The van der Waals surface area contributed by atoms with E-state index >= 15 is 0 Å². The fraction of sp³-hybridized carbons (Fsp3) is 0.350. The smallest absolute Gasteiger partial charge is 0.203 e. The Kier molecular flexibility index (Phi) is 5.96. The van der Waals surface area contributed by atoms with Crippen molar-refractivity contribution in [1.82, 2.24) is 0 Å². The van der Waals surface area contributed by atoms with E-state index in [1.807, 2.05) is 17.0 Å². The second-order valence-electron chi connectivity index (χ2n) is 6.27. The van der Waals surface area contributed by atoms with Crippen LogP contribution < -0.4 is 19.1 Å². The number of anilines is 1. The van der Waals surface area contributed by atoms with E-state index < -0.39 is 0 Å². The molecule has 0 bridgehead atoms. The molecule has 144 valence electrons. The summed E-state index contributed by atoms with van der Waals surface area (Å²) in [5.74, 6) is 1.12. The summed E-state index contributed by atoms with van der Waals surface area (Å²) in [5, 5.41) is 11.0. The second kappa shape index (κ2) is 8.39. The first-order valence-electron chi connectivity index (χ1n) is 8.67. The van der Waals surface area contributed by atoms with Crippen molar-refractivity contribution in [3.63, 3.8) is 0 Å². The normalized spacial score (nSPS) is 14.7. The molecule has 0 saturated carbocycles. The molecule has 1 fully saturated rings. The van der Waals surface area contributed by atoms with Crippen molar-refractivity contribution in [1.29, 1.82) is 0 Å². The summed E-state index contributed by atoms with van der Waals surface area (Å²) >= 11 is 5.90. The number of hydrogen-bond donors (Lipinski definition) is 1. The van der Waals surface area contributed by atoms with Crippen molar-refractivity contribution in [3.8, 4) is 23.0 Å². The van der Waals surface area contributed by atoms with Gasteiger partial charge in [-0.1, -0.05) is 11.6 Å². The second-order valence-corrected chi connectivity index (χ2v) is 6.71. The van der Waals surface area contributed by atoms with Crippen LogP contribution in [0.25, 0.3) is 0 Å². The van der Waals surface area contributed by atoms with Gasteiger partial charge in [0.25, 0.3) is 0 Å². The number of phenolic OH excluding ortho intramolecular Hbond substituents is 1. The van der Waals surface area contributed by atoms with Crippen LogP contribution in [0.4, 0.5) is 5.69 Å². The van der Waals surface area contributed by atoms with Crippen LogP contribution in [-0.4, -0.2) is 44.8 Å². The number of phenols is 1. The molecule has 27 heavy (non-hydrogen) atoms. The predicted molar refractivity (Wildman–Crippen MR) is 104 cm³/mol. The molecule has 2 aromatic carbocycles. The Bertz CT molecular complexity index is 801. The Morgan fingerprint density at radius 2 is 1.81 bits per heavy atom. The van der Waals surface area contributed by atoms with Gasteiger partial charge in [-0.05, 0) is 30.3 Å². The molecule has 1 saturated heterocycles. The van der Waals surface area contributed by atoms with Gasteiger partial charge in [-0.3, -0.25) is 4.79 Å². The van der Waals surface area contributed by atoms with Crippen LogP contribution in [0.15, 0.2) is 30.3 Å². The number of ether oxygens (including phenoxy) is 3. The largest absolute Gasteiger partial charge is 0.502 e. The van der Waals surface area contributed by atoms with Crippen molar-refractivity contribution in [2.24, 2.45) is 0 Å². The summed E-state index contributed by atoms with van der Waals surface area (Å²) < 4.78 is 16.5. The van der Waals surface area contributed by atoms with Gasteiger partial charge in [0, 0.05) is 36.5 Å². The number of aromatic hydroxyl groups is 1. The molecule has 1 N–H and O–H groups in total. The lowest BCUT2D eigenvalue weighted by molar-refractivity contribution is 0.112. The molecule has 1 aliphatic rings. The lowest BCUT2D eigenvalue weighted by Gasteiger charge is -2.35. The monoisotopic (exact) mass is 391 g/mol. The van der Waals surface area contributed by atoms with Gasteiger partial charge in [-0.25, -0.2) is 0 Å². The summed E-state index contributed by atoms with van der Waals surface area (Å²) in [6.07, 6.45) is 2.36. The van der Waals surface area contributed by atoms with Gasteiger partial charge in [0.05, 0.1) is 19.9 Å². The molecular weight excluding hydrogens is 370 g/mol. The van der Waals surface area contributed by atoms with E-state index in [-0.39, 0.29) is 23.4 Å². The highest BCUT2D eigenvalue weighted by atomic mass is 35.5. The molecular formula is C20H22ClNO5. The van der Waals surface area contributed by atoms with Gasteiger partial charge >= 0.3 is 0 Å². The van der Waals surface area contributed by atoms with Crippen molar-refractivity contribution in [2.45, 2.75) is 18.9 Å². The van der Waals surface area contributed by atoms with Crippen LogP contribution in [0.5, 0.6) is 23.0 Å². The summed E-state index contributed by atoms with van der Waals surface area (Å²) in [6.45, 7) is 1.34. The number of methoxy groups -OCH3 is 2. The molecule has 7 heteroatoms. The molecule has 6 nitrogen and oxygen atoms in total. The highest BCUT2D eigenvalue weighted by molar-refractivity contribution is 6.30.